The van der Waals surface area contributed by atoms with Gasteiger partial charge in [0, 0.05) is 22.5 Å². The van der Waals surface area contributed by atoms with Crippen LogP contribution in [0.5, 0.6) is 0 Å². The van der Waals surface area contributed by atoms with E-state index in [0.29, 0.717) is 28.1 Å². The summed E-state index contributed by atoms with van der Waals surface area (Å²) < 4.78 is 0. The minimum Gasteiger partial charge on any atom is -0.322 e. The number of hydrogen-bond donors (Lipinski definition) is 3. The molecule has 0 spiro atoms. The maximum Gasteiger partial charge on any atom is 0.257 e. The van der Waals surface area contributed by atoms with Crippen molar-refractivity contribution in [3.05, 3.63) is 162 Å². The maximum atomic E-state index is 12.5. The van der Waals surface area contributed by atoms with Gasteiger partial charge in [-0.25, -0.2) is 0 Å². The van der Waals surface area contributed by atoms with Crippen molar-refractivity contribution in [2.75, 3.05) is 16.0 Å². The molecule has 3 N–H and O–H groups in total. The van der Waals surface area contributed by atoms with Crippen LogP contribution in [0.25, 0.3) is 0 Å². The van der Waals surface area contributed by atoms with Crippen molar-refractivity contribution < 1.29 is 14.4 Å². The second-order valence-electron chi connectivity index (χ2n) is 8.82. The van der Waals surface area contributed by atoms with Crippen LogP contribution in [0.2, 0.25) is 0 Å². The van der Waals surface area contributed by atoms with Crippen LogP contribution in [0, 0.1) is 6.92 Å². The Balaban J connectivity index is 0.000000201. The molecule has 0 aliphatic rings. The predicted molar refractivity (Wildman–Crippen MR) is 161 cm³/mol. The minimum atomic E-state index is -0.273. The molecule has 0 aliphatic carbocycles. The number of rotatable bonds is 6. The molecule has 0 unspecified atom stereocenters. The quantitative estimate of drug-likeness (QED) is 0.214. The van der Waals surface area contributed by atoms with E-state index in [1.165, 1.54) is 0 Å². The van der Waals surface area contributed by atoms with Crippen LogP contribution in [0.4, 0.5) is 17.1 Å². The lowest BCUT2D eigenvalue weighted by atomic mass is 10.1. The Kier molecular flexibility index (Phi) is 9.56. The molecule has 5 aromatic carbocycles. The molecule has 6 nitrogen and oxygen atoms in total. The summed E-state index contributed by atoms with van der Waals surface area (Å²) in [6.07, 6.45) is 0. The lowest BCUT2D eigenvalue weighted by Crippen LogP contribution is -2.18. The third-order valence-electron chi connectivity index (χ3n) is 5.91. The van der Waals surface area contributed by atoms with E-state index in [2.05, 4.69) is 16.0 Å². The summed E-state index contributed by atoms with van der Waals surface area (Å²) in [5, 5.41) is 8.48. The van der Waals surface area contributed by atoms with Crippen molar-refractivity contribution in [3.63, 3.8) is 0 Å². The Hall–Kier alpha value is -5.49. The average Bonchev–Trinajstić information content (AvgIpc) is 2.99. The third kappa shape index (κ3) is 7.76. The Bertz CT molecular complexity index is 1570. The number of anilines is 3. The number of nitrogens with one attached hydrogen (secondary N) is 3. The van der Waals surface area contributed by atoms with Gasteiger partial charge in [-0.15, -0.1) is 0 Å². The molecule has 0 saturated heterocycles. The second kappa shape index (κ2) is 13.9. The lowest BCUT2D eigenvalue weighted by Gasteiger charge is -2.11. The highest BCUT2D eigenvalue weighted by molar-refractivity contribution is 6.12. The fourth-order valence-corrected chi connectivity index (χ4v) is 3.84. The SMILES string of the molecule is Cc1ccccc1C(=O)Nc1ccccc1.O=C(Nc1ccccc1C(=O)Nc1ccccc1)c1ccccc1. The van der Waals surface area contributed by atoms with E-state index in [0.717, 1.165) is 11.3 Å². The summed E-state index contributed by atoms with van der Waals surface area (Å²) in [4.78, 5) is 36.7. The number of aryl methyl sites for hydroxylation is 1. The molecule has 5 rings (SSSR count). The van der Waals surface area contributed by atoms with E-state index in [1.54, 1.807) is 48.5 Å². The standard InChI is InChI=1S/C20H16N2O2.C14H13NO/c23-19(15-9-3-1-4-10-15)22-18-14-8-7-13-17(18)20(24)21-16-11-5-2-6-12-16;1-11-7-5-6-10-13(11)14(16)15-12-8-3-2-4-9-12/h1-14H,(H,21,24)(H,22,23);2-10H,1H3,(H,15,16). The van der Waals surface area contributed by atoms with Crippen LogP contribution in [0.3, 0.4) is 0 Å². The topological polar surface area (TPSA) is 87.3 Å². The molecule has 198 valence electrons. The van der Waals surface area contributed by atoms with E-state index >= 15 is 0 Å². The highest BCUT2D eigenvalue weighted by Gasteiger charge is 2.14. The average molecular weight is 528 g/mol. The normalized spacial score (nSPS) is 9.93. The molecule has 0 saturated carbocycles. The van der Waals surface area contributed by atoms with Gasteiger partial charge >= 0.3 is 0 Å². The molecule has 0 heterocycles. The highest BCUT2D eigenvalue weighted by Crippen LogP contribution is 2.18. The van der Waals surface area contributed by atoms with Crippen LogP contribution in [-0.4, -0.2) is 17.7 Å². The Morgan fingerprint density at radius 1 is 0.425 bits per heavy atom. The van der Waals surface area contributed by atoms with Gasteiger partial charge in [0.25, 0.3) is 17.7 Å². The maximum absolute atomic E-state index is 12.5. The zero-order chi connectivity index (χ0) is 28.2. The van der Waals surface area contributed by atoms with Gasteiger partial charge in [-0.3, -0.25) is 14.4 Å². The monoisotopic (exact) mass is 527 g/mol. The number of para-hydroxylation sites is 3. The fourth-order valence-electron chi connectivity index (χ4n) is 3.84. The summed E-state index contributed by atoms with van der Waals surface area (Å²) in [6.45, 7) is 1.93. The van der Waals surface area contributed by atoms with Crippen molar-refractivity contribution in [1.29, 1.82) is 0 Å². The Morgan fingerprint density at radius 2 is 0.850 bits per heavy atom. The van der Waals surface area contributed by atoms with Gasteiger partial charge < -0.3 is 16.0 Å². The first-order valence-corrected chi connectivity index (χ1v) is 12.7. The molecule has 0 radical (unpaired) electrons. The minimum absolute atomic E-state index is 0.0655. The first-order valence-electron chi connectivity index (χ1n) is 12.7. The van der Waals surface area contributed by atoms with Crippen molar-refractivity contribution in [2.45, 2.75) is 6.92 Å². The van der Waals surface area contributed by atoms with Crippen LogP contribution in [0.15, 0.2) is 140 Å². The fraction of sp³-hybridized carbons (Fsp3) is 0.0294. The molecule has 0 bridgehead atoms. The third-order valence-corrected chi connectivity index (χ3v) is 5.91. The Morgan fingerprint density at radius 3 is 1.40 bits per heavy atom. The van der Waals surface area contributed by atoms with E-state index in [4.69, 9.17) is 0 Å². The zero-order valence-electron chi connectivity index (χ0n) is 22.0. The molecule has 0 aliphatic heterocycles. The number of amides is 3. The van der Waals surface area contributed by atoms with E-state index in [-0.39, 0.29) is 17.7 Å². The molecular formula is C34H29N3O3. The number of carbonyl (C=O) groups excluding carboxylic acids is 3. The van der Waals surface area contributed by atoms with Crippen molar-refractivity contribution >= 4 is 34.8 Å². The molecule has 6 heteroatoms. The number of benzene rings is 5. The van der Waals surface area contributed by atoms with E-state index < -0.39 is 0 Å². The van der Waals surface area contributed by atoms with Crippen molar-refractivity contribution in [3.8, 4) is 0 Å². The summed E-state index contributed by atoms with van der Waals surface area (Å²) in [5.74, 6) is -0.593. The van der Waals surface area contributed by atoms with Crippen LogP contribution in [-0.2, 0) is 0 Å². The van der Waals surface area contributed by atoms with E-state index in [1.807, 2.05) is 97.9 Å². The van der Waals surface area contributed by atoms with Gasteiger partial charge in [0.2, 0.25) is 0 Å². The van der Waals surface area contributed by atoms with Crippen molar-refractivity contribution in [1.82, 2.24) is 0 Å². The van der Waals surface area contributed by atoms with Gasteiger partial charge in [-0.05, 0) is 67.1 Å². The Labute approximate surface area is 233 Å². The highest BCUT2D eigenvalue weighted by atomic mass is 16.2. The zero-order valence-corrected chi connectivity index (χ0v) is 22.0. The molecule has 3 amide bonds. The molecule has 0 aromatic heterocycles. The largest absolute Gasteiger partial charge is 0.322 e. The van der Waals surface area contributed by atoms with Gasteiger partial charge in [-0.2, -0.15) is 0 Å². The van der Waals surface area contributed by atoms with Gasteiger partial charge in [0.05, 0.1) is 11.3 Å². The molecule has 40 heavy (non-hydrogen) atoms. The summed E-state index contributed by atoms with van der Waals surface area (Å²) in [6, 6.07) is 42.0. The van der Waals surface area contributed by atoms with Gasteiger partial charge in [-0.1, -0.05) is 84.9 Å². The lowest BCUT2D eigenvalue weighted by molar-refractivity contribution is 0.101. The van der Waals surface area contributed by atoms with Gasteiger partial charge in [0.15, 0.2) is 0 Å². The van der Waals surface area contributed by atoms with Crippen LogP contribution in [0.1, 0.15) is 36.6 Å². The van der Waals surface area contributed by atoms with Crippen molar-refractivity contribution in [2.24, 2.45) is 0 Å². The van der Waals surface area contributed by atoms with Crippen LogP contribution >= 0.6 is 0 Å². The first kappa shape index (κ1) is 27.5. The summed E-state index contributed by atoms with van der Waals surface area (Å²) >= 11 is 0. The van der Waals surface area contributed by atoms with E-state index in [9.17, 15) is 14.4 Å². The molecule has 0 fully saturated rings. The molecular weight excluding hydrogens is 498 g/mol. The predicted octanol–water partition coefficient (Wildman–Crippen LogP) is 7.44. The second-order valence-corrected chi connectivity index (χ2v) is 8.82. The number of carbonyl (C=O) groups is 3. The molecule has 0 atom stereocenters. The molecule has 5 aromatic rings. The van der Waals surface area contributed by atoms with Gasteiger partial charge in [0.1, 0.15) is 0 Å². The number of hydrogen-bond acceptors (Lipinski definition) is 3. The summed E-state index contributed by atoms with van der Waals surface area (Å²) in [7, 11) is 0. The first-order chi connectivity index (χ1) is 19.5. The summed E-state index contributed by atoms with van der Waals surface area (Å²) in [5.41, 5.74) is 4.63. The smallest absolute Gasteiger partial charge is 0.257 e. The van der Waals surface area contributed by atoms with Crippen LogP contribution < -0.4 is 16.0 Å².